The standard InChI is InChI=1S/C25H30Cl2FNO4/c1-8-32-23(30)15(4)22(29-24(31)33-25(5,6)7)18-13(2)19(20(27)21(28)14(18)3)16-11-9-10-12-17(16)26/h9-12,15,22H,8H2,1-7H3,(H,29,31)/t15-,22-/m0/s1. The van der Waals surface area contributed by atoms with Crippen molar-refractivity contribution < 1.29 is 23.5 Å². The fourth-order valence-corrected chi connectivity index (χ4v) is 4.33. The summed E-state index contributed by atoms with van der Waals surface area (Å²) in [5.74, 6) is -2.03. The molecule has 1 amide bonds. The molecule has 2 rings (SSSR count). The van der Waals surface area contributed by atoms with Crippen molar-refractivity contribution in [2.24, 2.45) is 5.92 Å². The largest absolute Gasteiger partial charge is 0.466 e. The second-order valence-electron chi connectivity index (χ2n) is 8.81. The van der Waals surface area contributed by atoms with E-state index in [1.165, 1.54) is 0 Å². The van der Waals surface area contributed by atoms with Crippen LogP contribution in [0.25, 0.3) is 11.1 Å². The summed E-state index contributed by atoms with van der Waals surface area (Å²) in [7, 11) is 0. The molecule has 0 saturated carbocycles. The molecule has 33 heavy (non-hydrogen) atoms. The second-order valence-corrected chi connectivity index (χ2v) is 9.60. The van der Waals surface area contributed by atoms with Crippen LogP contribution in [0.4, 0.5) is 9.18 Å². The predicted octanol–water partition coefficient (Wildman–Crippen LogP) is 7.18. The molecule has 180 valence electrons. The highest BCUT2D eigenvalue weighted by atomic mass is 35.5. The molecule has 0 heterocycles. The van der Waals surface area contributed by atoms with Crippen molar-refractivity contribution in [3.63, 3.8) is 0 Å². The van der Waals surface area contributed by atoms with Gasteiger partial charge in [0.05, 0.1) is 23.6 Å². The average Bonchev–Trinajstić information content (AvgIpc) is 2.71. The number of hydrogen-bond acceptors (Lipinski definition) is 4. The van der Waals surface area contributed by atoms with Crippen molar-refractivity contribution in [2.75, 3.05) is 6.61 Å². The Bertz CT molecular complexity index is 1050. The first-order valence-electron chi connectivity index (χ1n) is 10.7. The third kappa shape index (κ3) is 6.18. The van der Waals surface area contributed by atoms with E-state index in [1.807, 2.05) is 0 Å². The Hall–Kier alpha value is -2.31. The van der Waals surface area contributed by atoms with Crippen LogP contribution in [0.15, 0.2) is 24.3 Å². The van der Waals surface area contributed by atoms with E-state index >= 15 is 4.39 Å². The fourth-order valence-electron chi connectivity index (χ4n) is 3.72. The van der Waals surface area contributed by atoms with E-state index in [4.69, 9.17) is 32.7 Å². The van der Waals surface area contributed by atoms with E-state index in [9.17, 15) is 9.59 Å². The SMILES string of the molecule is CCOC(=O)[C@@H](C)[C@H](NC(=O)OC(C)(C)C)c1c(C)c(F)c(Cl)c(-c2ccccc2Cl)c1C. The molecule has 0 saturated heterocycles. The van der Waals surface area contributed by atoms with E-state index in [0.29, 0.717) is 27.3 Å². The number of nitrogens with one attached hydrogen (secondary N) is 1. The smallest absolute Gasteiger partial charge is 0.408 e. The average molecular weight is 498 g/mol. The Morgan fingerprint density at radius 1 is 1.12 bits per heavy atom. The van der Waals surface area contributed by atoms with Gasteiger partial charge in [-0.05, 0) is 71.2 Å². The third-order valence-corrected chi connectivity index (χ3v) is 5.89. The van der Waals surface area contributed by atoms with Crippen molar-refractivity contribution in [1.82, 2.24) is 5.32 Å². The maximum absolute atomic E-state index is 15.4. The van der Waals surface area contributed by atoms with Gasteiger partial charge < -0.3 is 14.8 Å². The number of carbonyl (C=O) groups is 2. The van der Waals surface area contributed by atoms with E-state index in [-0.39, 0.29) is 17.2 Å². The molecule has 0 unspecified atom stereocenters. The number of halogens is 3. The first-order valence-corrected chi connectivity index (χ1v) is 11.4. The summed E-state index contributed by atoms with van der Waals surface area (Å²) in [6.45, 7) is 12.0. The maximum Gasteiger partial charge on any atom is 0.408 e. The Kier molecular flexibility index (Phi) is 8.77. The molecule has 0 spiro atoms. The van der Waals surface area contributed by atoms with Crippen LogP contribution in [-0.2, 0) is 14.3 Å². The van der Waals surface area contributed by atoms with Gasteiger partial charge in [-0.25, -0.2) is 9.18 Å². The highest BCUT2D eigenvalue weighted by molar-refractivity contribution is 6.36. The van der Waals surface area contributed by atoms with Crippen molar-refractivity contribution in [1.29, 1.82) is 0 Å². The summed E-state index contributed by atoms with van der Waals surface area (Å²) in [5, 5.41) is 3.06. The highest BCUT2D eigenvalue weighted by Gasteiger charge is 2.34. The van der Waals surface area contributed by atoms with E-state index in [1.54, 1.807) is 72.7 Å². The first-order chi connectivity index (χ1) is 15.3. The monoisotopic (exact) mass is 497 g/mol. The molecule has 5 nitrogen and oxygen atoms in total. The molecule has 1 N–H and O–H groups in total. The van der Waals surface area contributed by atoms with Gasteiger partial charge in [0, 0.05) is 16.1 Å². The zero-order valence-electron chi connectivity index (χ0n) is 19.9. The number of amides is 1. The van der Waals surface area contributed by atoms with Crippen LogP contribution in [-0.4, -0.2) is 24.3 Å². The van der Waals surface area contributed by atoms with Crippen LogP contribution >= 0.6 is 23.2 Å². The number of hydrogen-bond donors (Lipinski definition) is 1. The van der Waals surface area contributed by atoms with Gasteiger partial charge in [-0.15, -0.1) is 0 Å². The summed E-state index contributed by atoms with van der Waals surface area (Å²) in [6.07, 6.45) is -0.739. The number of rotatable bonds is 6. The van der Waals surface area contributed by atoms with Gasteiger partial charge in [-0.3, -0.25) is 4.79 Å². The Labute approximate surface area is 204 Å². The van der Waals surface area contributed by atoms with Gasteiger partial charge in [0.2, 0.25) is 0 Å². The summed E-state index contributed by atoms with van der Waals surface area (Å²) in [6, 6.07) is 6.01. The predicted molar refractivity (Wildman–Crippen MR) is 129 cm³/mol. The summed E-state index contributed by atoms with van der Waals surface area (Å²) in [4.78, 5) is 25.3. The van der Waals surface area contributed by atoms with Crippen LogP contribution in [0, 0.1) is 25.6 Å². The topological polar surface area (TPSA) is 64.6 Å². The maximum atomic E-state index is 15.4. The van der Waals surface area contributed by atoms with Gasteiger partial charge in [-0.2, -0.15) is 0 Å². The van der Waals surface area contributed by atoms with Crippen LogP contribution in [0.5, 0.6) is 0 Å². The summed E-state index contributed by atoms with van der Waals surface area (Å²) >= 11 is 12.8. The molecule has 0 aliphatic rings. The minimum absolute atomic E-state index is 0.0818. The van der Waals surface area contributed by atoms with Crippen LogP contribution in [0.2, 0.25) is 10.0 Å². The molecule has 0 radical (unpaired) electrons. The van der Waals surface area contributed by atoms with E-state index in [0.717, 1.165) is 0 Å². The molecule has 8 heteroatoms. The third-order valence-electron chi connectivity index (χ3n) is 5.21. The molecule has 2 aromatic rings. The minimum atomic E-state index is -0.938. The molecule has 0 fully saturated rings. The quantitative estimate of drug-likeness (QED) is 0.429. The molecule has 2 aromatic carbocycles. The van der Waals surface area contributed by atoms with Crippen LogP contribution in [0.3, 0.4) is 0 Å². The van der Waals surface area contributed by atoms with Crippen molar-refractivity contribution in [2.45, 2.75) is 60.1 Å². The molecular weight excluding hydrogens is 468 g/mol. The lowest BCUT2D eigenvalue weighted by atomic mass is 9.84. The fraction of sp³-hybridized carbons (Fsp3) is 0.440. The Morgan fingerprint density at radius 2 is 1.73 bits per heavy atom. The van der Waals surface area contributed by atoms with Crippen LogP contribution < -0.4 is 5.32 Å². The first kappa shape index (κ1) is 26.9. The van der Waals surface area contributed by atoms with E-state index in [2.05, 4.69) is 5.32 Å². The molecule has 2 atom stereocenters. The van der Waals surface area contributed by atoms with Gasteiger partial charge >= 0.3 is 12.1 Å². The van der Waals surface area contributed by atoms with Crippen LogP contribution in [0.1, 0.15) is 57.4 Å². The van der Waals surface area contributed by atoms with Crippen molar-refractivity contribution in [3.8, 4) is 11.1 Å². The van der Waals surface area contributed by atoms with Gasteiger partial charge in [0.15, 0.2) is 0 Å². The summed E-state index contributed by atoms with van der Waals surface area (Å²) < 4.78 is 26.0. The van der Waals surface area contributed by atoms with Gasteiger partial charge in [0.1, 0.15) is 11.4 Å². The van der Waals surface area contributed by atoms with Crippen molar-refractivity contribution in [3.05, 3.63) is 56.8 Å². The Balaban J connectivity index is 2.75. The molecular formula is C25H30Cl2FNO4. The second kappa shape index (κ2) is 10.7. The highest BCUT2D eigenvalue weighted by Crippen LogP contribution is 2.43. The number of ether oxygens (including phenoxy) is 2. The lowest BCUT2D eigenvalue weighted by Crippen LogP contribution is -2.40. The zero-order chi connectivity index (χ0) is 25.1. The Morgan fingerprint density at radius 3 is 2.27 bits per heavy atom. The molecule has 0 bridgehead atoms. The van der Waals surface area contributed by atoms with E-state index < -0.39 is 35.4 Å². The number of alkyl carbamates (subject to hydrolysis) is 1. The molecule has 0 aliphatic heterocycles. The lowest BCUT2D eigenvalue weighted by Gasteiger charge is -2.30. The van der Waals surface area contributed by atoms with Gasteiger partial charge in [0.25, 0.3) is 0 Å². The van der Waals surface area contributed by atoms with Gasteiger partial charge in [-0.1, -0.05) is 41.4 Å². The zero-order valence-corrected chi connectivity index (χ0v) is 21.4. The number of carbonyl (C=O) groups excluding carboxylic acids is 2. The van der Waals surface area contributed by atoms with Crippen molar-refractivity contribution >= 4 is 35.3 Å². The molecule has 0 aromatic heterocycles. The normalized spacial score (nSPS) is 13.3. The lowest BCUT2D eigenvalue weighted by molar-refractivity contribution is -0.148. The minimum Gasteiger partial charge on any atom is -0.466 e. The number of benzene rings is 2. The molecule has 0 aliphatic carbocycles. The summed E-state index contributed by atoms with van der Waals surface area (Å²) in [5.41, 5.74) is 1.39. The number of esters is 1.